The minimum Gasteiger partial charge on any atom is -0.377 e. The van der Waals surface area contributed by atoms with E-state index in [4.69, 9.17) is 11.6 Å². The van der Waals surface area contributed by atoms with Gasteiger partial charge in [0.1, 0.15) is 16.5 Å². The number of aromatic nitrogens is 1. The molecule has 0 radical (unpaired) electrons. The first-order chi connectivity index (χ1) is 14.6. The van der Waals surface area contributed by atoms with Crippen molar-refractivity contribution in [1.82, 2.24) is 4.98 Å². The molecule has 0 bridgehead atoms. The maximum atomic E-state index is 14.6. The summed E-state index contributed by atoms with van der Waals surface area (Å²) in [5, 5.41) is 4.09. The standard InChI is InChI=1S/C19H16ClF4N3O2S2/c1-10(12-4-11(5-18(23)24)2-3-14(12)21)26-16-7-15(22)17(6-13(16)20)31(28,29)27-19-8-30-9-25-19/h2-4,6-10,18,26-27H,5H2,1H3. The number of nitrogens with zero attached hydrogens (tertiary/aromatic N) is 1. The van der Waals surface area contributed by atoms with E-state index in [2.05, 4.69) is 15.0 Å². The molecule has 3 aromatic rings. The van der Waals surface area contributed by atoms with E-state index >= 15 is 0 Å². The summed E-state index contributed by atoms with van der Waals surface area (Å²) in [6.07, 6.45) is -3.12. The van der Waals surface area contributed by atoms with Crippen LogP contribution in [0.5, 0.6) is 0 Å². The van der Waals surface area contributed by atoms with Crippen LogP contribution in [0.1, 0.15) is 24.1 Å². The minimum absolute atomic E-state index is 0.0120. The fourth-order valence-corrected chi connectivity index (χ4v) is 4.77. The van der Waals surface area contributed by atoms with Crippen LogP contribution >= 0.6 is 22.9 Å². The summed E-state index contributed by atoms with van der Waals surface area (Å²) in [5.74, 6) is -1.69. The van der Waals surface area contributed by atoms with Crippen LogP contribution in [0.25, 0.3) is 0 Å². The molecule has 3 rings (SSSR count). The van der Waals surface area contributed by atoms with E-state index in [1.807, 2.05) is 0 Å². The summed E-state index contributed by atoms with van der Waals surface area (Å²) >= 11 is 7.29. The molecule has 2 aromatic carbocycles. The van der Waals surface area contributed by atoms with Crippen LogP contribution in [0.3, 0.4) is 0 Å². The molecule has 0 saturated carbocycles. The Bertz CT molecular complexity index is 1180. The molecule has 0 fully saturated rings. The Hall–Kier alpha value is -2.37. The van der Waals surface area contributed by atoms with Crippen molar-refractivity contribution in [1.29, 1.82) is 0 Å². The fourth-order valence-electron chi connectivity index (χ4n) is 2.84. The lowest BCUT2D eigenvalue weighted by Crippen LogP contribution is -2.16. The molecular formula is C19H16ClF4N3O2S2. The van der Waals surface area contributed by atoms with E-state index in [0.29, 0.717) is 0 Å². The van der Waals surface area contributed by atoms with Crippen molar-refractivity contribution in [3.05, 3.63) is 69.0 Å². The van der Waals surface area contributed by atoms with Gasteiger partial charge in [0.25, 0.3) is 10.0 Å². The van der Waals surface area contributed by atoms with E-state index in [-0.39, 0.29) is 27.7 Å². The molecule has 12 heteroatoms. The van der Waals surface area contributed by atoms with Crippen LogP contribution in [-0.4, -0.2) is 19.8 Å². The largest absolute Gasteiger partial charge is 0.377 e. The summed E-state index contributed by atoms with van der Waals surface area (Å²) in [7, 11) is -4.28. The molecule has 5 nitrogen and oxygen atoms in total. The number of sulfonamides is 1. The van der Waals surface area contributed by atoms with Gasteiger partial charge in [0.2, 0.25) is 6.43 Å². The summed E-state index contributed by atoms with van der Waals surface area (Å²) in [5.41, 5.74) is 1.74. The van der Waals surface area contributed by atoms with Gasteiger partial charge in [-0.25, -0.2) is 31.0 Å². The second kappa shape index (κ2) is 9.41. The number of anilines is 2. The maximum absolute atomic E-state index is 14.6. The molecule has 0 aliphatic heterocycles. The highest BCUT2D eigenvalue weighted by Gasteiger charge is 2.23. The lowest BCUT2D eigenvalue weighted by molar-refractivity contribution is 0.149. The van der Waals surface area contributed by atoms with Crippen LogP contribution in [0, 0.1) is 11.6 Å². The predicted molar refractivity (Wildman–Crippen MR) is 112 cm³/mol. The third-order valence-electron chi connectivity index (χ3n) is 4.27. The molecule has 31 heavy (non-hydrogen) atoms. The fraction of sp³-hybridized carbons (Fsp3) is 0.211. The topological polar surface area (TPSA) is 71.1 Å². The number of alkyl halides is 2. The Morgan fingerprint density at radius 1 is 1.16 bits per heavy atom. The summed E-state index contributed by atoms with van der Waals surface area (Å²) in [6.45, 7) is 1.53. The Labute approximate surface area is 185 Å². The smallest absolute Gasteiger partial charge is 0.266 e. The van der Waals surface area contributed by atoms with Crippen molar-refractivity contribution in [2.24, 2.45) is 0 Å². The van der Waals surface area contributed by atoms with E-state index in [1.54, 1.807) is 0 Å². The van der Waals surface area contributed by atoms with Gasteiger partial charge < -0.3 is 5.32 Å². The third-order valence-corrected chi connectivity index (χ3v) is 6.54. The SMILES string of the molecule is CC(Nc1cc(F)c(S(=O)(=O)Nc2cscn2)cc1Cl)c1cc(CC(F)F)ccc1F. The van der Waals surface area contributed by atoms with Gasteiger partial charge in [0, 0.05) is 17.4 Å². The second-order valence-electron chi connectivity index (χ2n) is 6.56. The average molecular weight is 494 g/mol. The predicted octanol–water partition coefficient (Wildman–Crippen LogP) is 5.86. The first kappa shape index (κ1) is 23.3. The van der Waals surface area contributed by atoms with E-state index in [0.717, 1.165) is 29.5 Å². The summed E-state index contributed by atoms with van der Waals surface area (Å²) in [6, 6.07) is 4.65. The number of hydrogen-bond donors (Lipinski definition) is 2. The van der Waals surface area contributed by atoms with Crippen molar-refractivity contribution >= 4 is 44.5 Å². The van der Waals surface area contributed by atoms with Crippen molar-refractivity contribution in [3.8, 4) is 0 Å². The van der Waals surface area contributed by atoms with E-state index < -0.39 is 45.4 Å². The molecule has 2 N–H and O–H groups in total. The third kappa shape index (κ3) is 5.66. The molecule has 0 amide bonds. The summed E-state index contributed by atoms with van der Waals surface area (Å²) < 4.78 is 81.0. The molecular weight excluding hydrogens is 478 g/mol. The zero-order valence-corrected chi connectivity index (χ0v) is 18.3. The van der Waals surface area contributed by atoms with Gasteiger partial charge in [-0.2, -0.15) is 0 Å². The lowest BCUT2D eigenvalue weighted by atomic mass is 10.0. The van der Waals surface area contributed by atoms with Gasteiger partial charge in [-0.1, -0.05) is 23.7 Å². The number of benzene rings is 2. The van der Waals surface area contributed by atoms with Crippen LogP contribution in [0.15, 0.2) is 46.1 Å². The molecule has 166 valence electrons. The minimum atomic E-state index is -4.28. The summed E-state index contributed by atoms with van der Waals surface area (Å²) in [4.78, 5) is 3.09. The number of halogens is 5. The Morgan fingerprint density at radius 3 is 2.55 bits per heavy atom. The second-order valence-corrected chi connectivity index (χ2v) is 9.34. The van der Waals surface area contributed by atoms with Gasteiger partial charge >= 0.3 is 0 Å². The van der Waals surface area contributed by atoms with Crippen LogP contribution in [0.2, 0.25) is 5.02 Å². The molecule has 1 atom stereocenters. The highest BCUT2D eigenvalue weighted by Crippen LogP contribution is 2.32. The average Bonchev–Trinajstić information content (AvgIpc) is 3.17. The first-order valence-corrected chi connectivity index (χ1v) is 11.6. The normalized spacial score (nSPS) is 12.7. The molecule has 0 saturated heterocycles. The van der Waals surface area contributed by atoms with Crippen molar-refractivity contribution in [3.63, 3.8) is 0 Å². The van der Waals surface area contributed by atoms with Crippen molar-refractivity contribution in [2.75, 3.05) is 10.0 Å². The van der Waals surface area contributed by atoms with Gasteiger partial charge in [0.15, 0.2) is 5.82 Å². The quantitative estimate of drug-likeness (QED) is 0.386. The molecule has 0 spiro atoms. The van der Waals surface area contributed by atoms with Crippen LogP contribution in [-0.2, 0) is 16.4 Å². The molecule has 0 aliphatic rings. The molecule has 0 aliphatic carbocycles. The van der Waals surface area contributed by atoms with E-state index in [9.17, 15) is 26.0 Å². The Kier molecular flexibility index (Phi) is 7.07. The van der Waals surface area contributed by atoms with Crippen molar-refractivity contribution in [2.45, 2.75) is 30.7 Å². The van der Waals surface area contributed by atoms with Gasteiger partial charge in [-0.3, -0.25) is 4.72 Å². The first-order valence-electron chi connectivity index (χ1n) is 8.80. The Balaban J connectivity index is 1.85. The van der Waals surface area contributed by atoms with Crippen LogP contribution < -0.4 is 10.0 Å². The highest BCUT2D eigenvalue weighted by atomic mass is 35.5. The number of nitrogens with one attached hydrogen (secondary N) is 2. The monoisotopic (exact) mass is 493 g/mol. The molecule has 1 aromatic heterocycles. The van der Waals surface area contributed by atoms with Gasteiger partial charge in [-0.15, -0.1) is 11.3 Å². The zero-order chi connectivity index (χ0) is 22.8. The van der Waals surface area contributed by atoms with E-state index in [1.165, 1.54) is 29.9 Å². The molecule has 1 unspecified atom stereocenters. The Morgan fingerprint density at radius 2 is 1.90 bits per heavy atom. The molecule has 1 heterocycles. The number of thiazole rings is 1. The zero-order valence-electron chi connectivity index (χ0n) is 15.9. The number of rotatable bonds is 8. The van der Waals surface area contributed by atoms with Gasteiger partial charge in [0.05, 0.1) is 22.3 Å². The maximum Gasteiger partial charge on any atom is 0.266 e. The van der Waals surface area contributed by atoms with Crippen LogP contribution in [0.4, 0.5) is 29.1 Å². The highest BCUT2D eigenvalue weighted by molar-refractivity contribution is 7.92. The van der Waals surface area contributed by atoms with Gasteiger partial charge in [-0.05, 0) is 30.7 Å². The van der Waals surface area contributed by atoms with Crippen molar-refractivity contribution < 1.29 is 26.0 Å². The number of hydrogen-bond acceptors (Lipinski definition) is 5. The lowest BCUT2D eigenvalue weighted by Gasteiger charge is -2.19.